The molecule has 1 rings (SSSR count). The van der Waals surface area contributed by atoms with Crippen molar-refractivity contribution >= 4 is 0 Å². The topological polar surface area (TPSA) is 32.5 Å². The molecule has 0 spiro atoms. The lowest BCUT2D eigenvalue weighted by molar-refractivity contribution is 0.0571. The number of nitrogens with zero attached hydrogens (tertiary/aromatic N) is 2. The molecule has 3 heteroatoms. The minimum Gasteiger partial charge on any atom is -0.327 e. The molecule has 0 saturated carbocycles. The van der Waals surface area contributed by atoms with Gasteiger partial charge in [-0.25, -0.2) is 0 Å². The maximum atomic E-state index is 6.04. The minimum atomic E-state index is 0.216. The third-order valence-electron chi connectivity index (χ3n) is 4.12. The van der Waals surface area contributed by atoms with E-state index >= 15 is 0 Å². The third kappa shape index (κ3) is 3.44. The first-order valence-electron chi connectivity index (χ1n) is 6.58. The van der Waals surface area contributed by atoms with E-state index < -0.39 is 0 Å². The molecule has 2 atom stereocenters. The van der Waals surface area contributed by atoms with E-state index in [1.807, 2.05) is 0 Å². The Morgan fingerprint density at radius 1 is 1.38 bits per heavy atom. The van der Waals surface area contributed by atoms with E-state index in [0.29, 0.717) is 6.04 Å². The van der Waals surface area contributed by atoms with Crippen molar-refractivity contribution < 1.29 is 0 Å². The van der Waals surface area contributed by atoms with Gasteiger partial charge in [0.05, 0.1) is 0 Å². The van der Waals surface area contributed by atoms with E-state index in [1.54, 1.807) is 0 Å². The van der Waals surface area contributed by atoms with Gasteiger partial charge in [-0.2, -0.15) is 0 Å². The summed E-state index contributed by atoms with van der Waals surface area (Å²) in [6.45, 7) is 17.1. The van der Waals surface area contributed by atoms with Gasteiger partial charge in [0.1, 0.15) is 0 Å². The van der Waals surface area contributed by atoms with Gasteiger partial charge in [0, 0.05) is 38.3 Å². The lowest BCUT2D eigenvalue weighted by Gasteiger charge is -2.43. The fourth-order valence-corrected chi connectivity index (χ4v) is 2.40. The number of likely N-dealkylation sites (N-methyl/N-ethyl adjacent to an activating group) is 1. The molecule has 2 unspecified atom stereocenters. The molecule has 96 valence electrons. The average molecular weight is 227 g/mol. The standard InChI is InChI=1S/C13H29N3/c1-6-16-8-7-15(9-11(16)2)10-13(4,5)12(3)14/h11-12H,6-10,14H2,1-5H3. The number of hydrogen-bond acceptors (Lipinski definition) is 3. The second kappa shape index (κ2) is 5.48. The van der Waals surface area contributed by atoms with Crippen LogP contribution in [-0.2, 0) is 0 Å². The van der Waals surface area contributed by atoms with Crippen LogP contribution in [0, 0.1) is 5.41 Å². The summed E-state index contributed by atoms with van der Waals surface area (Å²) in [5.41, 5.74) is 6.25. The van der Waals surface area contributed by atoms with E-state index in [4.69, 9.17) is 5.73 Å². The largest absolute Gasteiger partial charge is 0.327 e. The predicted octanol–water partition coefficient (Wildman–Crippen LogP) is 1.39. The number of hydrogen-bond donors (Lipinski definition) is 1. The molecule has 1 aliphatic rings. The van der Waals surface area contributed by atoms with Crippen LogP contribution in [0.15, 0.2) is 0 Å². The maximum absolute atomic E-state index is 6.04. The van der Waals surface area contributed by atoms with E-state index in [1.165, 1.54) is 26.2 Å². The summed E-state index contributed by atoms with van der Waals surface area (Å²) < 4.78 is 0. The average Bonchev–Trinajstić information content (AvgIpc) is 2.17. The molecular weight excluding hydrogens is 198 g/mol. The van der Waals surface area contributed by atoms with Crippen LogP contribution in [0.5, 0.6) is 0 Å². The number of rotatable bonds is 4. The monoisotopic (exact) mass is 227 g/mol. The molecule has 0 bridgehead atoms. The molecule has 1 aliphatic heterocycles. The highest BCUT2D eigenvalue weighted by Gasteiger charge is 2.29. The van der Waals surface area contributed by atoms with Crippen molar-refractivity contribution in [2.75, 3.05) is 32.7 Å². The summed E-state index contributed by atoms with van der Waals surface area (Å²) in [6.07, 6.45) is 0. The van der Waals surface area contributed by atoms with Gasteiger partial charge in [0.2, 0.25) is 0 Å². The van der Waals surface area contributed by atoms with Crippen LogP contribution in [0.1, 0.15) is 34.6 Å². The highest BCUT2D eigenvalue weighted by atomic mass is 15.3. The second-order valence-electron chi connectivity index (χ2n) is 5.99. The Labute approximate surface area is 101 Å². The van der Waals surface area contributed by atoms with Gasteiger partial charge in [0.15, 0.2) is 0 Å². The normalized spacial score (nSPS) is 27.0. The maximum Gasteiger partial charge on any atom is 0.0195 e. The van der Waals surface area contributed by atoms with Crippen molar-refractivity contribution in [3.8, 4) is 0 Å². The second-order valence-corrected chi connectivity index (χ2v) is 5.99. The highest BCUT2D eigenvalue weighted by molar-refractivity contribution is 4.85. The molecule has 0 radical (unpaired) electrons. The summed E-state index contributed by atoms with van der Waals surface area (Å²) in [4.78, 5) is 5.12. The summed E-state index contributed by atoms with van der Waals surface area (Å²) in [5, 5.41) is 0. The van der Waals surface area contributed by atoms with E-state index in [9.17, 15) is 0 Å². The van der Waals surface area contributed by atoms with Gasteiger partial charge in [-0.3, -0.25) is 9.80 Å². The Morgan fingerprint density at radius 3 is 2.44 bits per heavy atom. The first-order chi connectivity index (χ1) is 7.36. The molecule has 16 heavy (non-hydrogen) atoms. The summed E-state index contributed by atoms with van der Waals surface area (Å²) in [7, 11) is 0. The summed E-state index contributed by atoms with van der Waals surface area (Å²) in [5.74, 6) is 0. The molecule has 0 amide bonds. The molecule has 0 aromatic carbocycles. The fourth-order valence-electron chi connectivity index (χ4n) is 2.40. The quantitative estimate of drug-likeness (QED) is 0.788. The first kappa shape index (κ1) is 13.9. The molecular formula is C13H29N3. The zero-order valence-corrected chi connectivity index (χ0v) is 11.7. The highest BCUT2D eigenvalue weighted by Crippen LogP contribution is 2.22. The van der Waals surface area contributed by atoms with Crippen molar-refractivity contribution in [1.82, 2.24) is 9.80 Å². The SMILES string of the molecule is CCN1CCN(CC(C)(C)C(C)N)CC1C. The number of piperazine rings is 1. The minimum absolute atomic E-state index is 0.216. The number of nitrogens with two attached hydrogens (primary N) is 1. The van der Waals surface area contributed by atoms with Crippen LogP contribution in [0.2, 0.25) is 0 Å². The van der Waals surface area contributed by atoms with Crippen LogP contribution in [0.4, 0.5) is 0 Å². The van der Waals surface area contributed by atoms with Gasteiger partial charge in [-0.05, 0) is 25.8 Å². The zero-order chi connectivity index (χ0) is 12.3. The smallest absolute Gasteiger partial charge is 0.0195 e. The van der Waals surface area contributed by atoms with E-state index in [2.05, 4.69) is 44.4 Å². The fraction of sp³-hybridized carbons (Fsp3) is 1.00. The van der Waals surface area contributed by atoms with E-state index in [0.717, 1.165) is 6.54 Å². The van der Waals surface area contributed by atoms with Crippen LogP contribution in [0.25, 0.3) is 0 Å². The molecule has 1 fully saturated rings. The molecule has 0 aromatic heterocycles. The molecule has 1 saturated heterocycles. The first-order valence-corrected chi connectivity index (χ1v) is 6.58. The van der Waals surface area contributed by atoms with Crippen molar-refractivity contribution in [1.29, 1.82) is 0 Å². The Bertz CT molecular complexity index is 213. The lowest BCUT2D eigenvalue weighted by atomic mass is 9.85. The summed E-state index contributed by atoms with van der Waals surface area (Å²) in [6, 6.07) is 0.939. The van der Waals surface area contributed by atoms with E-state index in [-0.39, 0.29) is 11.5 Å². The van der Waals surface area contributed by atoms with Crippen molar-refractivity contribution in [3.63, 3.8) is 0 Å². The molecule has 0 aromatic rings. The van der Waals surface area contributed by atoms with Crippen molar-refractivity contribution in [2.45, 2.75) is 46.7 Å². The molecule has 2 N–H and O–H groups in total. The third-order valence-corrected chi connectivity index (χ3v) is 4.12. The Balaban J connectivity index is 2.47. The summed E-state index contributed by atoms with van der Waals surface area (Å²) >= 11 is 0. The van der Waals surface area contributed by atoms with Crippen molar-refractivity contribution in [2.24, 2.45) is 11.1 Å². The van der Waals surface area contributed by atoms with Crippen LogP contribution in [0.3, 0.4) is 0 Å². The van der Waals surface area contributed by atoms with Crippen LogP contribution >= 0.6 is 0 Å². The predicted molar refractivity (Wildman–Crippen MR) is 70.6 cm³/mol. The molecule has 0 aliphatic carbocycles. The van der Waals surface area contributed by atoms with Gasteiger partial charge in [-0.15, -0.1) is 0 Å². The lowest BCUT2D eigenvalue weighted by Crippen LogP contribution is -2.55. The van der Waals surface area contributed by atoms with Gasteiger partial charge < -0.3 is 5.73 Å². The van der Waals surface area contributed by atoms with Gasteiger partial charge in [0.25, 0.3) is 0 Å². The Hall–Kier alpha value is -0.120. The van der Waals surface area contributed by atoms with Crippen molar-refractivity contribution in [3.05, 3.63) is 0 Å². The van der Waals surface area contributed by atoms with Gasteiger partial charge >= 0.3 is 0 Å². The Kier molecular flexibility index (Phi) is 4.77. The van der Waals surface area contributed by atoms with Gasteiger partial charge in [-0.1, -0.05) is 20.8 Å². The Morgan fingerprint density at radius 2 is 2.00 bits per heavy atom. The van der Waals surface area contributed by atoms with Crippen LogP contribution < -0.4 is 5.73 Å². The zero-order valence-electron chi connectivity index (χ0n) is 11.7. The van der Waals surface area contributed by atoms with Crippen LogP contribution in [-0.4, -0.2) is 54.6 Å². The molecule has 1 heterocycles. The molecule has 3 nitrogen and oxygen atoms in total.